The van der Waals surface area contributed by atoms with Crippen LogP contribution in [0.15, 0.2) is 17.4 Å². The van der Waals surface area contributed by atoms with Crippen LogP contribution in [0.2, 0.25) is 0 Å². The van der Waals surface area contributed by atoms with E-state index >= 15 is 0 Å². The van der Waals surface area contributed by atoms with Gasteiger partial charge in [0.05, 0.1) is 12.7 Å². The van der Waals surface area contributed by atoms with Gasteiger partial charge in [-0.3, -0.25) is 9.67 Å². The van der Waals surface area contributed by atoms with Gasteiger partial charge in [0, 0.05) is 26.3 Å². The molecule has 0 saturated carbocycles. The van der Waals surface area contributed by atoms with Crippen LogP contribution in [0.4, 0.5) is 0 Å². The quantitative estimate of drug-likeness (QED) is 0.366. The predicted molar refractivity (Wildman–Crippen MR) is 105 cm³/mol. The van der Waals surface area contributed by atoms with Crippen molar-refractivity contribution in [2.24, 2.45) is 10.9 Å². The molecule has 6 heteroatoms. The van der Waals surface area contributed by atoms with Crippen LogP contribution in [-0.4, -0.2) is 35.9 Å². The minimum Gasteiger partial charge on any atom is -0.356 e. The summed E-state index contributed by atoms with van der Waals surface area (Å²) in [7, 11) is 1.82. The number of aromatic nitrogens is 2. The number of aliphatic imine (C=N–C) groups is 1. The molecule has 1 atom stereocenters. The van der Waals surface area contributed by atoms with Gasteiger partial charge in [-0.05, 0) is 24.8 Å². The molecule has 1 aromatic rings. The number of nitrogens with zero attached hydrogens (tertiary/aromatic N) is 3. The summed E-state index contributed by atoms with van der Waals surface area (Å²) in [5, 5.41) is 11.0. The third kappa shape index (κ3) is 8.60. The molecule has 2 N–H and O–H groups in total. The predicted octanol–water partition coefficient (Wildman–Crippen LogP) is 3.19. The van der Waals surface area contributed by atoms with E-state index in [4.69, 9.17) is 0 Å². The number of unbranched alkanes of at least 4 members (excludes halogenated alkanes) is 1. The van der Waals surface area contributed by atoms with Gasteiger partial charge in [0.25, 0.3) is 0 Å². The Morgan fingerprint density at radius 1 is 1.36 bits per heavy atom. The van der Waals surface area contributed by atoms with E-state index in [0.717, 1.165) is 31.5 Å². The molecule has 0 spiro atoms. The van der Waals surface area contributed by atoms with Crippen LogP contribution in [0, 0.1) is 12.8 Å². The van der Waals surface area contributed by atoms with Crippen LogP contribution in [0.5, 0.6) is 0 Å². The number of halogens is 1. The molecule has 0 aromatic carbocycles. The van der Waals surface area contributed by atoms with Crippen molar-refractivity contribution in [2.75, 3.05) is 20.1 Å². The van der Waals surface area contributed by atoms with E-state index in [1.54, 1.807) is 0 Å². The van der Waals surface area contributed by atoms with E-state index in [-0.39, 0.29) is 24.0 Å². The molecule has 0 radical (unpaired) electrons. The van der Waals surface area contributed by atoms with Gasteiger partial charge in [0.2, 0.25) is 0 Å². The van der Waals surface area contributed by atoms with Gasteiger partial charge in [-0.2, -0.15) is 5.10 Å². The Morgan fingerprint density at radius 3 is 2.68 bits per heavy atom. The van der Waals surface area contributed by atoms with Crippen molar-refractivity contribution < 1.29 is 0 Å². The van der Waals surface area contributed by atoms with Crippen molar-refractivity contribution in [3.63, 3.8) is 0 Å². The first-order chi connectivity index (χ1) is 10.2. The van der Waals surface area contributed by atoms with Crippen molar-refractivity contribution in [3.05, 3.63) is 18.0 Å². The van der Waals surface area contributed by atoms with Crippen LogP contribution >= 0.6 is 24.0 Å². The van der Waals surface area contributed by atoms with Crippen molar-refractivity contribution in [2.45, 2.75) is 53.0 Å². The van der Waals surface area contributed by atoms with Gasteiger partial charge >= 0.3 is 0 Å². The van der Waals surface area contributed by atoms with E-state index < -0.39 is 0 Å². The van der Waals surface area contributed by atoms with Gasteiger partial charge < -0.3 is 10.6 Å². The third-order valence-corrected chi connectivity index (χ3v) is 3.72. The van der Waals surface area contributed by atoms with Crippen molar-refractivity contribution >= 4 is 29.9 Å². The lowest BCUT2D eigenvalue weighted by Gasteiger charge is -2.18. The molecule has 1 aromatic heterocycles. The lowest BCUT2D eigenvalue weighted by molar-refractivity contribution is 0.443. The van der Waals surface area contributed by atoms with E-state index in [1.807, 2.05) is 17.9 Å². The summed E-state index contributed by atoms with van der Waals surface area (Å²) in [5.74, 6) is 1.62. The van der Waals surface area contributed by atoms with Gasteiger partial charge in [-0.25, -0.2) is 0 Å². The fourth-order valence-electron chi connectivity index (χ4n) is 2.28. The van der Waals surface area contributed by atoms with Crippen LogP contribution in [0.1, 0.15) is 45.1 Å². The molecule has 0 aliphatic heterocycles. The Morgan fingerprint density at radius 2 is 2.14 bits per heavy atom. The average Bonchev–Trinajstić information content (AvgIpc) is 2.91. The Balaban J connectivity index is 0.00000441. The SMILES string of the molecule is CCCCC(CC)CNC(=NC)NCCn1cc(C)cn1.I. The molecule has 5 nitrogen and oxygen atoms in total. The molecule has 0 fully saturated rings. The molecule has 0 bridgehead atoms. The third-order valence-electron chi connectivity index (χ3n) is 3.72. The molecule has 0 saturated heterocycles. The maximum Gasteiger partial charge on any atom is 0.191 e. The summed E-state index contributed by atoms with van der Waals surface area (Å²) < 4.78 is 1.95. The maximum absolute atomic E-state index is 4.28. The molecular formula is C16H32IN5. The summed E-state index contributed by atoms with van der Waals surface area (Å²) in [4.78, 5) is 4.28. The zero-order chi connectivity index (χ0) is 15.5. The summed E-state index contributed by atoms with van der Waals surface area (Å²) in [5.41, 5.74) is 1.19. The van der Waals surface area contributed by atoms with Crippen molar-refractivity contribution in [1.82, 2.24) is 20.4 Å². The van der Waals surface area contributed by atoms with Gasteiger partial charge in [-0.1, -0.05) is 33.1 Å². The zero-order valence-electron chi connectivity index (χ0n) is 14.4. The van der Waals surface area contributed by atoms with E-state index in [1.165, 1.54) is 31.2 Å². The lowest BCUT2D eigenvalue weighted by Crippen LogP contribution is -2.41. The zero-order valence-corrected chi connectivity index (χ0v) is 16.8. The Bertz CT molecular complexity index is 416. The monoisotopic (exact) mass is 421 g/mol. The standard InChI is InChI=1S/C16H31N5.HI/c1-5-7-8-15(6-2)12-19-16(17-4)18-9-10-21-13-14(3)11-20-21;/h11,13,15H,5-10,12H2,1-4H3,(H2,17,18,19);1H. The molecular weight excluding hydrogens is 389 g/mol. The molecule has 0 aliphatic rings. The van der Waals surface area contributed by atoms with Crippen LogP contribution in [0.3, 0.4) is 0 Å². The molecule has 1 rings (SSSR count). The number of rotatable bonds is 9. The summed E-state index contributed by atoms with van der Waals surface area (Å²) >= 11 is 0. The number of aryl methyl sites for hydroxylation is 1. The van der Waals surface area contributed by atoms with Crippen LogP contribution in [0.25, 0.3) is 0 Å². The van der Waals surface area contributed by atoms with Crippen molar-refractivity contribution in [1.29, 1.82) is 0 Å². The molecule has 1 unspecified atom stereocenters. The molecule has 0 amide bonds. The van der Waals surface area contributed by atoms with E-state index in [0.29, 0.717) is 0 Å². The second-order valence-corrected chi connectivity index (χ2v) is 5.58. The highest BCUT2D eigenvalue weighted by atomic mass is 127. The van der Waals surface area contributed by atoms with E-state index in [9.17, 15) is 0 Å². The number of guanidine groups is 1. The molecule has 1 heterocycles. The first-order valence-electron chi connectivity index (χ1n) is 8.13. The second-order valence-electron chi connectivity index (χ2n) is 5.58. The number of hydrogen-bond donors (Lipinski definition) is 2. The Kier molecular flexibility index (Phi) is 12.3. The molecule has 22 heavy (non-hydrogen) atoms. The largest absolute Gasteiger partial charge is 0.356 e. The maximum atomic E-state index is 4.28. The van der Waals surface area contributed by atoms with Crippen LogP contribution in [-0.2, 0) is 6.54 Å². The Hall–Kier alpha value is -0.790. The molecule has 0 aliphatic carbocycles. The molecule has 128 valence electrons. The smallest absolute Gasteiger partial charge is 0.191 e. The highest BCUT2D eigenvalue weighted by Gasteiger charge is 2.06. The fraction of sp³-hybridized carbons (Fsp3) is 0.750. The summed E-state index contributed by atoms with van der Waals surface area (Å²) in [6.07, 6.45) is 9.03. The minimum atomic E-state index is 0. The average molecular weight is 421 g/mol. The van der Waals surface area contributed by atoms with Crippen molar-refractivity contribution in [3.8, 4) is 0 Å². The first kappa shape index (κ1) is 21.2. The number of nitrogens with one attached hydrogen (secondary N) is 2. The van der Waals surface area contributed by atoms with Gasteiger partial charge in [-0.15, -0.1) is 24.0 Å². The van der Waals surface area contributed by atoms with Crippen LogP contribution < -0.4 is 10.6 Å². The number of hydrogen-bond acceptors (Lipinski definition) is 2. The van der Waals surface area contributed by atoms with Gasteiger partial charge in [0.15, 0.2) is 5.96 Å². The summed E-state index contributed by atoms with van der Waals surface area (Å²) in [6, 6.07) is 0. The van der Waals surface area contributed by atoms with Gasteiger partial charge in [0.1, 0.15) is 0 Å². The fourth-order valence-corrected chi connectivity index (χ4v) is 2.28. The lowest BCUT2D eigenvalue weighted by atomic mass is 9.99. The summed E-state index contributed by atoms with van der Waals surface area (Å²) in [6.45, 7) is 9.24. The minimum absolute atomic E-state index is 0. The Labute approximate surface area is 152 Å². The second kappa shape index (κ2) is 12.7. The first-order valence-corrected chi connectivity index (χ1v) is 8.13. The highest BCUT2D eigenvalue weighted by Crippen LogP contribution is 2.10. The highest BCUT2D eigenvalue weighted by molar-refractivity contribution is 14.0. The van der Waals surface area contributed by atoms with E-state index in [2.05, 4.69) is 47.7 Å². The topological polar surface area (TPSA) is 54.2 Å². The normalized spacial score (nSPS) is 12.6.